The second-order valence-electron chi connectivity index (χ2n) is 7.33. The summed E-state index contributed by atoms with van der Waals surface area (Å²) in [6.45, 7) is 5.04. The summed E-state index contributed by atoms with van der Waals surface area (Å²) in [5.41, 5.74) is 14.5. The van der Waals surface area contributed by atoms with Crippen LogP contribution in [0.3, 0.4) is 0 Å². The van der Waals surface area contributed by atoms with Crippen LogP contribution in [0, 0.1) is 0 Å². The van der Waals surface area contributed by atoms with Gasteiger partial charge in [-0.2, -0.15) is 0 Å². The smallest absolute Gasteiger partial charge is 0.344 e. The Labute approximate surface area is 210 Å². The molecular weight excluding hydrogens is 481 g/mol. The highest BCUT2D eigenvalue weighted by Crippen LogP contribution is 2.07. The van der Waals surface area contributed by atoms with Crippen molar-refractivity contribution in [2.45, 2.75) is 70.4 Å². The van der Waals surface area contributed by atoms with Gasteiger partial charge >= 0.3 is 5.97 Å². The minimum absolute atomic E-state index is 0. The van der Waals surface area contributed by atoms with Gasteiger partial charge in [-0.25, -0.2) is 4.79 Å². The van der Waals surface area contributed by atoms with Gasteiger partial charge in [0, 0.05) is 13.0 Å². The summed E-state index contributed by atoms with van der Waals surface area (Å²) in [6.07, 6.45) is 7.51. The molecule has 1 unspecified atom stereocenters. The standard InChI is InChI=1S/C19H41N7O3.3ClH/c1-19(17(28)29,25-15-8-7-12-23-13-9-11-20)26-16(27)10-5-3-2-4-6-14-24-18(21)22;;;/h23,25H,2-15,20H2,1H3,(H,26,27)(H,28,29)(H4,21,22,24);3*1H. The number of nitrogens with zero attached hydrogens (tertiary/aromatic N) is 1. The second kappa shape index (κ2) is 24.6. The van der Waals surface area contributed by atoms with E-state index in [0.717, 1.165) is 64.5 Å². The monoisotopic (exact) mass is 523 g/mol. The van der Waals surface area contributed by atoms with Crippen LogP contribution in [0.15, 0.2) is 4.99 Å². The largest absolute Gasteiger partial charge is 0.478 e. The summed E-state index contributed by atoms with van der Waals surface area (Å²) in [7, 11) is 0. The van der Waals surface area contributed by atoms with Crippen LogP contribution in [0.25, 0.3) is 0 Å². The van der Waals surface area contributed by atoms with E-state index in [1.54, 1.807) is 0 Å². The van der Waals surface area contributed by atoms with Crippen LogP contribution in [-0.4, -0.2) is 61.3 Å². The molecule has 0 spiro atoms. The first-order chi connectivity index (χ1) is 13.8. The molecular formula is C19H44Cl3N7O3. The van der Waals surface area contributed by atoms with Crippen LogP contribution in [0.4, 0.5) is 0 Å². The Bertz CT molecular complexity index is 499. The minimum atomic E-state index is -1.45. The van der Waals surface area contributed by atoms with E-state index in [4.69, 9.17) is 17.2 Å². The molecule has 194 valence electrons. The number of carboxylic acid groups (broad SMARTS) is 1. The van der Waals surface area contributed by atoms with E-state index >= 15 is 0 Å². The molecule has 1 atom stereocenters. The van der Waals surface area contributed by atoms with Gasteiger partial charge in [-0.15, -0.1) is 37.2 Å². The Hall–Kier alpha value is -1.04. The molecule has 0 radical (unpaired) electrons. The molecule has 0 saturated carbocycles. The van der Waals surface area contributed by atoms with Crippen molar-refractivity contribution in [3.8, 4) is 0 Å². The number of carbonyl (C=O) groups excluding carboxylic acids is 1. The molecule has 0 aromatic heterocycles. The third-order valence-corrected chi connectivity index (χ3v) is 4.49. The van der Waals surface area contributed by atoms with Crippen molar-refractivity contribution in [1.29, 1.82) is 0 Å². The predicted molar refractivity (Wildman–Crippen MR) is 138 cm³/mol. The number of aliphatic imine (C=N–C) groups is 1. The molecule has 13 heteroatoms. The summed E-state index contributed by atoms with van der Waals surface area (Å²) in [5, 5.41) is 18.3. The first-order valence-electron chi connectivity index (χ1n) is 10.6. The number of hydrogen-bond donors (Lipinski definition) is 7. The number of nitrogens with two attached hydrogens (primary N) is 3. The highest BCUT2D eigenvalue weighted by molar-refractivity contribution is 5.86. The van der Waals surface area contributed by atoms with Gasteiger partial charge in [0.05, 0.1) is 0 Å². The highest BCUT2D eigenvalue weighted by Gasteiger charge is 2.33. The zero-order valence-corrected chi connectivity index (χ0v) is 21.5. The van der Waals surface area contributed by atoms with Crippen LogP contribution < -0.4 is 33.2 Å². The van der Waals surface area contributed by atoms with Crippen molar-refractivity contribution in [3.05, 3.63) is 0 Å². The molecule has 0 aliphatic heterocycles. The van der Waals surface area contributed by atoms with Crippen LogP contribution in [0.5, 0.6) is 0 Å². The van der Waals surface area contributed by atoms with E-state index in [9.17, 15) is 14.7 Å². The van der Waals surface area contributed by atoms with Gasteiger partial charge in [0.25, 0.3) is 0 Å². The zero-order chi connectivity index (χ0) is 22.0. The maximum absolute atomic E-state index is 12.1. The molecule has 0 aliphatic rings. The van der Waals surface area contributed by atoms with Crippen molar-refractivity contribution in [2.24, 2.45) is 22.2 Å². The van der Waals surface area contributed by atoms with E-state index in [-0.39, 0.29) is 49.1 Å². The Morgan fingerprint density at radius 3 is 2.03 bits per heavy atom. The molecule has 0 aromatic carbocycles. The van der Waals surface area contributed by atoms with Gasteiger partial charge in [-0.3, -0.25) is 15.1 Å². The number of guanidine groups is 1. The van der Waals surface area contributed by atoms with Crippen molar-refractivity contribution in [3.63, 3.8) is 0 Å². The lowest BCUT2D eigenvalue weighted by atomic mass is 10.1. The summed E-state index contributed by atoms with van der Waals surface area (Å²) in [5.74, 6) is -1.24. The highest BCUT2D eigenvalue weighted by atomic mass is 35.5. The Balaban J connectivity index is -0.00000131. The van der Waals surface area contributed by atoms with Gasteiger partial charge in [-0.1, -0.05) is 19.3 Å². The molecule has 0 aliphatic carbocycles. The number of amides is 1. The molecule has 1 amide bonds. The molecule has 32 heavy (non-hydrogen) atoms. The van der Waals surface area contributed by atoms with Crippen LogP contribution in [0.2, 0.25) is 0 Å². The van der Waals surface area contributed by atoms with Gasteiger partial charge in [-0.05, 0) is 65.2 Å². The van der Waals surface area contributed by atoms with Crippen molar-refractivity contribution in [1.82, 2.24) is 16.0 Å². The lowest BCUT2D eigenvalue weighted by Gasteiger charge is -2.27. The molecule has 0 fully saturated rings. The molecule has 0 saturated heterocycles. The summed E-state index contributed by atoms with van der Waals surface area (Å²) >= 11 is 0. The average Bonchev–Trinajstić information content (AvgIpc) is 2.65. The third-order valence-electron chi connectivity index (χ3n) is 4.49. The van der Waals surface area contributed by atoms with Gasteiger partial charge < -0.3 is 32.9 Å². The number of hydrogen-bond acceptors (Lipinski definition) is 6. The fourth-order valence-electron chi connectivity index (χ4n) is 2.72. The van der Waals surface area contributed by atoms with E-state index in [0.29, 0.717) is 26.1 Å². The number of carbonyl (C=O) groups is 2. The maximum atomic E-state index is 12.1. The number of rotatable bonds is 19. The fraction of sp³-hybridized carbons (Fsp3) is 0.842. The number of unbranched alkanes of at least 4 members (excludes halogenated alkanes) is 5. The van der Waals surface area contributed by atoms with Crippen molar-refractivity contribution < 1.29 is 14.7 Å². The van der Waals surface area contributed by atoms with E-state index in [2.05, 4.69) is 20.9 Å². The molecule has 10 N–H and O–H groups in total. The molecule has 0 aromatic rings. The van der Waals surface area contributed by atoms with Crippen molar-refractivity contribution >= 4 is 55.1 Å². The topological polar surface area (TPSA) is 181 Å². The third kappa shape index (κ3) is 22.2. The predicted octanol–water partition coefficient (Wildman–Crippen LogP) is 1.09. The number of aliphatic carboxylic acids is 1. The van der Waals surface area contributed by atoms with Crippen LogP contribution in [0.1, 0.15) is 64.7 Å². The minimum Gasteiger partial charge on any atom is -0.478 e. The zero-order valence-electron chi connectivity index (χ0n) is 19.1. The molecule has 0 bridgehead atoms. The first kappa shape index (κ1) is 38.2. The van der Waals surface area contributed by atoms with Gasteiger partial charge in [0.2, 0.25) is 5.91 Å². The molecule has 0 heterocycles. The Morgan fingerprint density at radius 1 is 0.875 bits per heavy atom. The van der Waals surface area contributed by atoms with Gasteiger partial charge in [0.1, 0.15) is 0 Å². The average molecular weight is 525 g/mol. The van der Waals surface area contributed by atoms with Gasteiger partial charge in [0.15, 0.2) is 11.6 Å². The first-order valence-corrected chi connectivity index (χ1v) is 10.6. The summed E-state index contributed by atoms with van der Waals surface area (Å²) in [6, 6.07) is 0. The number of halogens is 3. The quantitative estimate of drug-likeness (QED) is 0.0567. The maximum Gasteiger partial charge on any atom is 0.344 e. The Morgan fingerprint density at radius 2 is 1.44 bits per heavy atom. The second-order valence-corrected chi connectivity index (χ2v) is 7.33. The molecule has 10 nitrogen and oxygen atoms in total. The van der Waals surface area contributed by atoms with E-state index in [1.165, 1.54) is 6.92 Å². The van der Waals surface area contributed by atoms with E-state index < -0.39 is 11.6 Å². The van der Waals surface area contributed by atoms with Crippen LogP contribution in [-0.2, 0) is 9.59 Å². The normalized spacial score (nSPS) is 11.7. The SMILES string of the molecule is CC(NCCCCNCCCN)(NC(=O)CCCCCCCN=C(N)N)C(=O)O.Cl.Cl.Cl. The number of nitrogens with one attached hydrogen (secondary N) is 3. The van der Waals surface area contributed by atoms with Crippen LogP contribution >= 0.6 is 37.2 Å². The lowest BCUT2D eigenvalue weighted by Crippen LogP contribution is -2.62. The fourth-order valence-corrected chi connectivity index (χ4v) is 2.72. The summed E-state index contributed by atoms with van der Waals surface area (Å²) in [4.78, 5) is 27.6. The number of carboxylic acids is 1. The molecule has 0 rings (SSSR count). The Kier molecular flexibility index (Phi) is 29.4. The van der Waals surface area contributed by atoms with E-state index in [1.807, 2.05) is 0 Å². The van der Waals surface area contributed by atoms with Crippen molar-refractivity contribution in [2.75, 3.05) is 32.7 Å². The summed E-state index contributed by atoms with van der Waals surface area (Å²) < 4.78 is 0. The lowest BCUT2D eigenvalue weighted by molar-refractivity contribution is -0.148.